The molecule has 0 amide bonds. The summed E-state index contributed by atoms with van der Waals surface area (Å²) in [6, 6.07) is 4.76. The number of nitrogens with zero attached hydrogens (tertiary/aromatic N) is 1. The van der Waals surface area contributed by atoms with Crippen molar-refractivity contribution in [3.05, 3.63) is 30.1 Å². The molecule has 0 bridgehead atoms. The van der Waals surface area contributed by atoms with Gasteiger partial charge in [0.05, 0.1) is 0 Å². The molecule has 1 aromatic rings. The Kier molecular flexibility index (Phi) is 3.95. The van der Waals surface area contributed by atoms with Crippen LogP contribution in [-0.4, -0.2) is 16.1 Å². The Morgan fingerprint density at radius 1 is 1.50 bits per heavy atom. The zero-order valence-corrected chi connectivity index (χ0v) is 6.40. The minimum atomic E-state index is -0.990. The summed E-state index contributed by atoms with van der Waals surface area (Å²) in [6.07, 6.45) is 1.45. The Bertz CT molecular complexity index is 212. The van der Waals surface area contributed by atoms with E-state index in [1.165, 1.54) is 12.3 Å². The summed E-state index contributed by atoms with van der Waals surface area (Å²) in [6.45, 7) is 0. The Hall–Kier alpha value is -0.640. The summed E-state index contributed by atoms with van der Waals surface area (Å²) in [5.41, 5.74) is 0.0810. The van der Waals surface area contributed by atoms with Crippen molar-refractivity contribution in [1.29, 1.82) is 0 Å². The molecule has 1 heterocycles. The fourth-order valence-electron chi connectivity index (χ4n) is 0.489. The van der Waals surface area contributed by atoms with Gasteiger partial charge in [-0.15, -0.1) is 0 Å². The smallest absolute Gasteiger partial charge is 0.354 e. The van der Waals surface area contributed by atoms with E-state index < -0.39 is 5.97 Å². The number of aromatic nitrogens is 1. The number of hydrogen-bond donors (Lipinski definition) is 1. The first kappa shape index (κ1) is 9.36. The van der Waals surface area contributed by atoms with Crippen molar-refractivity contribution in [3.8, 4) is 0 Å². The molecular formula is C6H5AgNO2. The Morgan fingerprint density at radius 2 is 2.20 bits per heavy atom. The van der Waals surface area contributed by atoms with Crippen LogP contribution < -0.4 is 0 Å². The van der Waals surface area contributed by atoms with Gasteiger partial charge in [-0.05, 0) is 12.1 Å². The van der Waals surface area contributed by atoms with Crippen LogP contribution in [-0.2, 0) is 22.4 Å². The summed E-state index contributed by atoms with van der Waals surface area (Å²) >= 11 is 0. The van der Waals surface area contributed by atoms with E-state index in [2.05, 4.69) is 4.98 Å². The van der Waals surface area contributed by atoms with Crippen molar-refractivity contribution in [2.24, 2.45) is 0 Å². The first-order valence-corrected chi connectivity index (χ1v) is 2.45. The van der Waals surface area contributed by atoms with Crippen LogP contribution >= 0.6 is 0 Å². The van der Waals surface area contributed by atoms with E-state index in [1.807, 2.05) is 0 Å². The van der Waals surface area contributed by atoms with Gasteiger partial charge in [-0.2, -0.15) is 0 Å². The second-order valence-corrected chi connectivity index (χ2v) is 1.52. The van der Waals surface area contributed by atoms with E-state index in [4.69, 9.17) is 5.11 Å². The van der Waals surface area contributed by atoms with Gasteiger partial charge in [0.15, 0.2) is 0 Å². The molecule has 0 aliphatic carbocycles. The van der Waals surface area contributed by atoms with Gasteiger partial charge >= 0.3 is 5.97 Å². The average molecular weight is 231 g/mol. The van der Waals surface area contributed by atoms with Crippen LogP contribution in [0.1, 0.15) is 10.5 Å². The SMILES string of the molecule is O=C(O)c1ccccn1.[Ag]. The largest absolute Gasteiger partial charge is 0.477 e. The number of rotatable bonds is 1. The van der Waals surface area contributed by atoms with Crippen LogP contribution in [0.25, 0.3) is 0 Å². The number of pyridine rings is 1. The molecule has 0 aliphatic rings. The van der Waals surface area contributed by atoms with Crippen molar-refractivity contribution in [1.82, 2.24) is 4.98 Å². The molecule has 4 heteroatoms. The average Bonchev–Trinajstić information content (AvgIpc) is 1.90. The molecule has 1 rings (SSSR count). The Balaban J connectivity index is 0.000000810. The molecule has 0 saturated heterocycles. The van der Waals surface area contributed by atoms with Gasteiger partial charge in [0.2, 0.25) is 0 Å². The van der Waals surface area contributed by atoms with Crippen LogP contribution in [0.4, 0.5) is 0 Å². The molecule has 0 unspecified atom stereocenters. The van der Waals surface area contributed by atoms with Crippen molar-refractivity contribution in [2.75, 3.05) is 0 Å². The molecule has 10 heavy (non-hydrogen) atoms. The molecule has 0 aromatic carbocycles. The van der Waals surface area contributed by atoms with Gasteiger partial charge in [-0.3, -0.25) is 0 Å². The number of carbonyl (C=O) groups is 1. The molecular weight excluding hydrogens is 226 g/mol. The van der Waals surface area contributed by atoms with Gasteiger partial charge < -0.3 is 5.11 Å². The maximum atomic E-state index is 10.1. The van der Waals surface area contributed by atoms with Crippen molar-refractivity contribution in [2.45, 2.75) is 0 Å². The molecule has 0 atom stereocenters. The van der Waals surface area contributed by atoms with Crippen LogP contribution in [0.15, 0.2) is 24.4 Å². The first-order valence-electron chi connectivity index (χ1n) is 2.45. The third-order valence-electron chi connectivity index (χ3n) is 0.884. The number of carboxylic acids is 1. The Labute approximate surface area is 73.6 Å². The van der Waals surface area contributed by atoms with Gasteiger partial charge in [-0.1, -0.05) is 6.07 Å². The maximum Gasteiger partial charge on any atom is 0.354 e. The van der Waals surface area contributed by atoms with E-state index in [0.717, 1.165) is 0 Å². The van der Waals surface area contributed by atoms with Crippen LogP contribution in [0.5, 0.6) is 0 Å². The second kappa shape index (κ2) is 4.22. The summed E-state index contributed by atoms with van der Waals surface area (Å²) in [7, 11) is 0. The fraction of sp³-hybridized carbons (Fsp3) is 0. The van der Waals surface area contributed by atoms with Crippen LogP contribution in [0.3, 0.4) is 0 Å². The standard InChI is InChI=1S/C6H5NO2.Ag/c8-6(9)5-3-1-2-4-7-5;/h1-4H,(H,8,9);. The van der Waals surface area contributed by atoms with Crippen molar-refractivity contribution in [3.63, 3.8) is 0 Å². The molecule has 0 aliphatic heterocycles. The maximum absolute atomic E-state index is 10.1. The van der Waals surface area contributed by atoms with Crippen molar-refractivity contribution >= 4 is 5.97 Å². The van der Waals surface area contributed by atoms with Gasteiger partial charge in [0, 0.05) is 28.6 Å². The fourth-order valence-corrected chi connectivity index (χ4v) is 0.489. The van der Waals surface area contributed by atoms with Crippen LogP contribution in [0, 0.1) is 0 Å². The van der Waals surface area contributed by atoms with Gasteiger partial charge in [0.1, 0.15) is 5.69 Å². The monoisotopic (exact) mass is 230 g/mol. The molecule has 3 nitrogen and oxygen atoms in total. The first-order chi connectivity index (χ1) is 4.30. The van der Waals surface area contributed by atoms with E-state index in [9.17, 15) is 4.79 Å². The number of aromatic carboxylic acids is 1. The molecule has 57 valence electrons. The number of carboxylic acid groups (broad SMARTS) is 1. The third-order valence-corrected chi connectivity index (χ3v) is 0.884. The molecule has 0 fully saturated rings. The normalized spacial score (nSPS) is 8.00. The predicted octanol–water partition coefficient (Wildman–Crippen LogP) is 0.777. The molecule has 0 saturated carbocycles. The van der Waals surface area contributed by atoms with Crippen LogP contribution in [0.2, 0.25) is 0 Å². The van der Waals surface area contributed by atoms with E-state index in [-0.39, 0.29) is 28.1 Å². The summed E-state index contributed by atoms with van der Waals surface area (Å²) in [5, 5.41) is 8.32. The predicted molar refractivity (Wildman–Crippen MR) is 31.2 cm³/mol. The van der Waals surface area contributed by atoms with Gasteiger partial charge in [-0.25, -0.2) is 9.78 Å². The van der Waals surface area contributed by atoms with Crippen molar-refractivity contribution < 1.29 is 32.3 Å². The molecule has 1 aromatic heterocycles. The molecule has 1 radical (unpaired) electrons. The zero-order chi connectivity index (χ0) is 6.69. The van der Waals surface area contributed by atoms with E-state index in [1.54, 1.807) is 12.1 Å². The molecule has 1 N–H and O–H groups in total. The number of hydrogen-bond acceptors (Lipinski definition) is 2. The molecule has 0 spiro atoms. The third kappa shape index (κ3) is 2.31. The summed E-state index contributed by atoms with van der Waals surface area (Å²) in [4.78, 5) is 13.7. The van der Waals surface area contributed by atoms with E-state index >= 15 is 0 Å². The quantitative estimate of drug-likeness (QED) is 0.726. The topological polar surface area (TPSA) is 50.2 Å². The summed E-state index contributed by atoms with van der Waals surface area (Å²) < 4.78 is 0. The summed E-state index contributed by atoms with van der Waals surface area (Å²) in [5.74, 6) is -0.990. The minimum Gasteiger partial charge on any atom is -0.477 e. The second-order valence-electron chi connectivity index (χ2n) is 1.52. The zero-order valence-electron chi connectivity index (χ0n) is 4.91. The minimum absolute atomic E-state index is 0. The Morgan fingerprint density at radius 3 is 2.50 bits per heavy atom. The van der Waals surface area contributed by atoms with Gasteiger partial charge in [0.25, 0.3) is 0 Å². The van der Waals surface area contributed by atoms with E-state index in [0.29, 0.717) is 0 Å².